The standard InChI is InChI=1S/C16H26O4/c1-4-5-8-19-10-14(18)11-20-16-9-12(2)6-7-15(16)13(3)17/h6-7,9,13-14,17-18H,4-5,8,10-11H2,1-3H3/t13-,14?/m1/s1. The first kappa shape index (κ1) is 17.0. The Kier molecular flexibility index (Phi) is 7.59. The van der Waals surface area contributed by atoms with Crippen LogP contribution < -0.4 is 4.74 Å². The minimum atomic E-state index is -0.658. The lowest BCUT2D eigenvalue weighted by molar-refractivity contribution is 0.0107. The highest BCUT2D eigenvalue weighted by molar-refractivity contribution is 5.38. The highest BCUT2D eigenvalue weighted by atomic mass is 16.5. The highest BCUT2D eigenvalue weighted by Crippen LogP contribution is 2.26. The molecule has 1 unspecified atom stereocenters. The number of hydrogen-bond acceptors (Lipinski definition) is 4. The molecule has 20 heavy (non-hydrogen) atoms. The number of unbranched alkanes of at least 4 members (excludes halogenated alkanes) is 1. The van der Waals surface area contributed by atoms with Crippen molar-refractivity contribution in [2.24, 2.45) is 0 Å². The molecule has 2 N–H and O–H groups in total. The van der Waals surface area contributed by atoms with Gasteiger partial charge in [0.05, 0.1) is 12.7 Å². The molecule has 1 rings (SSSR count). The molecule has 0 heterocycles. The number of aryl methyl sites for hydroxylation is 1. The monoisotopic (exact) mass is 282 g/mol. The van der Waals surface area contributed by atoms with Gasteiger partial charge in [0.1, 0.15) is 18.5 Å². The second-order valence-electron chi connectivity index (χ2n) is 5.11. The van der Waals surface area contributed by atoms with Crippen molar-refractivity contribution in [1.82, 2.24) is 0 Å². The molecule has 4 heteroatoms. The van der Waals surface area contributed by atoms with Gasteiger partial charge in [0.2, 0.25) is 0 Å². The maximum Gasteiger partial charge on any atom is 0.125 e. The summed E-state index contributed by atoms with van der Waals surface area (Å²) in [5, 5.41) is 19.5. The van der Waals surface area contributed by atoms with Gasteiger partial charge < -0.3 is 19.7 Å². The fourth-order valence-corrected chi connectivity index (χ4v) is 1.81. The molecule has 114 valence electrons. The second kappa shape index (κ2) is 8.95. The van der Waals surface area contributed by atoms with Gasteiger partial charge in [0.25, 0.3) is 0 Å². The normalized spacial score (nSPS) is 14.1. The number of hydrogen-bond donors (Lipinski definition) is 2. The van der Waals surface area contributed by atoms with Crippen LogP contribution in [-0.4, -0.2) is 36.1 Å². The van der Waals surface area contributed by atoms with Crippen LogP contribution in [0.4, 0.5) is 0 Å². The summed E-state index contributed by atoms with van der Waals surface area (Å²) in [4.78, 5) is 0. The van der Waals surface area contributed by atoms with Crippen LogP contribution in [0.25, 0.3) is 0 Å². The van der Waals surface area contributed by atoms with Gasteiger partial charge in [-0.05, 0) is 31.9 Å². The summed E-state index contributed by atoms with van der Waals surface area (Å²) < 4.78 is 11.0. The zero-order valence-electron chi connectivity index (χ0n) is 12.6. The van der Waals surface area contributed by atoms with Gasteiger partial charge >= 0.3 is 0 Å². The molecular weight excluding hydrogens is 256 g/mol. The van der Waals surface area contributed by atoms with Crippen LogP contribution in [-0.2, 0) is 4.74 Å². The van der Waals surface area contributed by atoms with Crippen LogP contribution in [0.15, 0.2) is 18.2 Å². The topological polar surface area (TPSA) is 58.9 Å². The van der Waals surface area contributed by atoms with E-state index < -0.39 is 12.2 Å². The predicted molar refractivity (Wildman–Crippen MR) is 79.0 cm³/mol. The first-order valence-corrected chi connectivity index (χ1v) is 7.21. The summed E-state index contributed by atoms with van der Waals surface area (Å²) in [5.74, 6) is 0.618. The first-order chi connectivity index (χ1) is 9.54. The molecule has 0 bridgehead atoms. The molecule has 4 nitrogen and oxygen atoms in total. The Labute approximate surface area is 121 Å². The van der Waals surface area contributed by atoms with E-state index in [0.717, 1.165) is 24.0 Å². The summed E-state index contributed by atoms with van der Waals surface area (Å²) in [5.41, 5.74) is 1.78. The molecule has 0 amide bonds. The molecule has 0 aliphatic carbocycles. The molecule has 0 aliphatic heterocycles. The third kappa shape index (κ3) is 5.90. The van der Waals surface area contributed by atoms with Gasteiger partial charge in [-0.15, -0.1) is 0 Å². The van der Waals surface area contributed by atoms with Crippen molar-refractivity contribution in [1.29, 1.82) is 0 Å². The Balaban J connectivity index is 2.46. The molecule has 0 saturated carbocycles. The largest absolute Gasteiger partial charge is 0.490 e. The van der Waals surface area contributed by atoms with E-state index in [-0.39, 0.29) is 13.2 Å². The van der Waals surface area contributed by atoms with Gasteiger partial charge in [0.15, 0.2) is 0 Å². The van der Waals surface area contributed by atoms with Gasteiger partial charge in [-0.3, -0.25) is 0 Å². The van der Waals surface area contributed by atoms with E-state index in [1.165, 1.54) is 0 Å². The molecule has 0 fully saturated rings. The Morgan fingerprint density at radius 2 is 1.95 bits per heavy atom. The van der Waals surface area contributed by atoms with Crippen LogP contribution >= 0.6 is 0 Å². The third-order valence-electron chi connectivity index (χ3n) is 3.00. The number of ether oxygens (including phenoxy) is 2. The molecular formula is C16H26O4. The van der Waals surface area contributed by atoms with Gasteiger partial charge in [-0.25, -0.2) is 0 Å². The minimum Gasteiger partial charge on any atom is -0.490 e. The van der Waals surface area contributed by atoms with Crippen molar-refractivity contribution in [3.05, 3.63) is 29.3 Å². The molecule has 0 saturated heterocycles. The smallest absolute Gasteiger partial charge is 0.125 e. The van der Waals surface area contributed by atoms with Gasteiger partial charge in [0, 0.05) is 12.2 Å². The first-order valence-electron chi connectivity index (χ1n) is 7.21. The fraction of sp³-hybridized carbons (Fsp3) is 0.625. The van der Waals surface area contributed by atoms with E-state index in [0.29, 0.717) is 12.4 Å². The van der Waals surface area contributed by atoms with Crippen molar-refractivity contribution >= 4 is 0 Å². The lowest BCUT2D eigenvalue weighted by atomic mass is 10.1. The van der Waals surface area contributed by atoms with E-state index in [4.69, 9.17) is 9.47 Å². The lowest BCUT2D eigenvalue weighted by Gasteiger charge is -2.17. The van der Waals surface area contributed by atoms with E-state index in [9.17, 15) is 10.2 Å². The van der Waals surface area contributed by atoms with E-state index in [2.05, 4.69) is 6.92 Å². The fourth-order valence-electron chi connectivity index (χ4n) is 1.81. The molecule has 1 aromatic carbocycles. The SMILES string of the molecule is CCCCOCC(O)COc1cc(C)ccc1[C@@H](C)O. The molecule has 0 radical (unpaired) electrons. The Morgan fingerprint density at radius 1 is 1.20 bits per heavy atom. The summed E-state index contributed by atoms with van der Waals surface area (Å²) in [6.07, 6.45) is 0.823. The molecule has 1 aromatic rings. The average molecular weight is 282 g/mol. The van der Waals surface area contributed by atoms with Crippen molar-refractivity contribution in [2.75, 3.05) is 19.8 Å². The molecule has 0 aromatic heterocycles. The molecule has 2 atom stereocenters. The predicted octanol–water partition coefficient (Wildman–Crippen LogP) is 2.60. The summed E-state index contributed by atoms with van der Waals surface area (Å²) in [6, 6.07) is 5.64. The quantitative estimate of drug-likeness (QED) is 0.684. The number of aliphatic hydroxyl groups is 2. The zero-order valence-corrected chi connectivity index (χ0v) is 12.6. The van der Waals surface area contributed by atoms with Gasteiger partial charge in [-0.1, -0.05) is 25.5 Å². The minimum absolute atomic E-state index is 0.162. The van der Waals surface area contributed by atoms with Crippen LogP contribution in [0.2, 0.25) is 0 Å². The summed E-state index contributed by atoms with van der Waals surface area (Å²) in [7, 11) is 0. The van der Waals surface area contributed by atoms with Crippen molar-refractivity contribution in [3.63, 3.8) is 0 Å². The summed E-state index contributed by atoms with van der Waals surface area (Å²) in [6.45, 7) is 6.85. The van der Waals surface area contributed by atoms with E-state index >= 15 is 0 Å². The molecule has 0 aliphatic rings. The number of benzene rings is 1. The Morgan fingerprint density at radius 3 is 2.60 bits per heavy atom. The van der Waals surface area contributed by atoms with E-state index in [1.807, 2.05) is 25.1 Å². The summed E-state index contributed by atoms with van der Waals surface area (Å²) >= 11 is 0. The third-order valence-corrected chi connectivity index (χ3v) is 3.00. The average Bonchev–Trinajstić information content (AvgIpc) is 2.41. The second-order valence-corrected chi connectivity index (χ2v) is 5.11. The van der Waals surface area contributed by atoms with Crippen LogP contribution in [0.5, 0.6) is 5.75 Å². The zero-order chi connectivity index (χ0) is 15.0. The van der Waals surface area contributed by atoms with Crippen molar-refractivity contribution in [3.8, 4) is 5.75 Å². The van der Waals surface area contributed by atoms with Crippen molar-refractivity contribution < 1.29 is 19.7 Å². The maximum absolute atomic E-state index is 9.80. The van der Waals surface area contributed by atoms with Crippen LogP contribution in [0.1, 0.15) is 43.9 Å². The van der Waals surface area contributed by atoms with Crippen LogP contribution in [0.3, 0.4) is 0 Å². The van der Waals surface area contributed by atoms with E-state index in [1.54, 1.807) is 6.92 Å². The van der Waals surface area contributed by atoms with Crippen LogP contribution in [0, 0.1) is 6.92 Å². The Hall–Kier alpha value is -1.10. The lowest BCUT2D eigenvalue weighted by Crippen LogP contribution is -2.24. The number of rotatable bonds is 9. The Bertz CT molecular complexity index is 390. The van der Waals surface area contributed by atoms with Gasteiger partial charge in [-0.2, -0.15) is 0 Å². The number of aliphatic hydroxyl groups excluding tert-OH is 2. The van der Waals surface area contributed by atoms with Crippen molar-refractivity contribution in [2.45, 2.75) is 45.8 Å². The maximum atomic E-state index is 9.80. The highest BCUT2D eigenvalue weighted by Gasteiger charge is 2.12. The molecule has 0 spiro atoms.